The largest absolute Gasteiger partial charge is 0.325 e. The van der Waals surface area contributed by atoms with E-state index in [1.807, 2.05) is 60.7 Å². The lowest BCUT2D eigenvalue weighted by Gasteiger charge is -2.22. The Labute approximate surface area is 200 Å². The second-order valence-corrected chi connectivity index (χ2v) is 11.1. The van der Waals surface area contributed by atoms with Crippen LogP contribution in [0.3, 0.4) is 0 Å². The quantitative estimate of drug-likeness (QED) is 0.401. The van der Waals surface area contributed by atoms with E-state index in [0.29, 0.717) is 5.69 Å². The van der Waals surface area contributed by atoms with Gasteiger partial charge in [0.1, 0.15) is 5.25 Å². The van der Waals surface area contributed by atoms with Crippen LogP contribution in [0.1, 0.15) is 42.9 Å². The van der Waals surface area contributed by atoms with E-state index in [9.17, 15) is 13.2 Å². The van der Waals surface area contributed by atoms with Gasteiger partial charge in [-0.25, -0.2) is 13.1 Å². The maximum Gasteiger partial charge on any atom is 0.242 e. The van der Waals surface area contributed by atoms with Gasteiger partial charge in [-0.15, -0.1) is 11.8 Å². The standard InChI is InChI=1S/C26H28N2O3S2/c29-26(25(20-10-4-1-5-11-20)32-23-14-8-3-9-15-23)27-21-16-18-24(19-17-21)33(30,31)28-22-12-6-2-7-13-22/h1,3-5,8-11,14-19,22,25,28H,2,6-7,12-13H2,(H,27,29). The summed E-state index contributed by atoms with van der Waals surface area (Å²) in [6, 6.07) is 25.8. The van der Waals surface area contributed by atoms with E-state index < -0.39 is 15.3 Å². The Morgan fingerprint density at radius 1 is 0.818 bits per heavy atom. The Kier molecular flexibility index (Phi) is 7.85. The molecule has 33 heavy (non-hydrogen) atoms. The smallest absolute Gasteiger partial charge is 0.242 e. The molecular weight excluding hydrogens is 452 g/mol. The molecule has 3 aromatic carbocycles. The molecule has 2 N–H and O–H groups in total. The lowest BCUT2D eigenvalue weighted by Crippen LogP contribution is -2.36. The number of thioether (sulfide) groups is 1. The van der Waals surface area contributed by atoms with E-state index >= 15 is 0 Å². The maximum atomic E-state index is 13.2. The van der Waals surface area contributed by atoms with Crippen LogP contribution in [0.15, 0.2) is 94.7 Å². The number of hydrogen-bond donors (Lipinski definition) is 2. The summed E-state index contributed by atoms with van der Waals surface area (Å²) in [6.07, 6.45) is 5.04. The van der Waals surface area contributed by atoms with Crippen LogP contribution >= 0.6 is 11.8 Å². The van der Waals surface area contributed by atoms with Crippen LogP contribution in [0.5, 0.6) is 0 Å². The first kappa shape index (κ1) is 23.5. The minimum Gasteiger partial charge on any atom is -0.325 e. The molecule has 0 aliphatic heterocycles. The van der Waals surface area contributed by atoms with E-state index in [0.717, 1.165) is 36.1 Å². The third kappa shape index (κ3) is 6.47. The average molecular weight is 481 g/mol. The van der Waals surface area contributed by atoms with Gasteiger partial charge in [0.2, 0.25) is 15.9 Å². The zero-order chi connectivity index (χ0) is 23.1. The summed E-state index contributed by atoms with van der Waals surface area (Å²) in [5.74, 6) is -0.161. The van der Waals surface area contributed by atoms with E-state index in [4.69, 9.17) is 0 Å². The summed E-state index contributed by atoms with van der Waals surface area (Å²) >= 11 is 1.48. The molecule has 5 nitrogen and oxygen atoms in total. The van der Waals surface area contributed by atoms with Gasteiger partial charge in [-0.2, -0.15) is 0 Å². The minimum absolute atomic E-state index is 0.00442. The van der Waals surface area contributed by atoms with Crippen LogP contribution in [0.2, 0.25) is 0 Å². The van der Waals surface area contributed by atoms with Crippen LogP contribution in [0.25, 0.3) is 0 Å². The third-order valence-electron chi connectivity index (χ3n) is 5.70. The molecule has 1 unspecified atom stereocenters. The van der Waals surface area contributed by atoms with Crippen molar-refractivity contribution in [3.8, 4) is 0 Å². The second kappa shape index (κ2) is 11.0. The molecule has 1 aliphatic carbocycles. The summed E-state index contributed by atoms with van der Waals surface area (Å²) < 4.78 is 28.3. The van der Waals surface area contributed by atoms with Gasteiger partial charge in [-0.3, -0.25) is 4.79 Å². The highest BCUT2D eigenvalue weighted by Gasteiger charge is 2.24. The number of sulfonamides is 1. The Balaban J connectivity index is 1.46. The van der Waals surface area contributed by atoms with Crippen molar-refractivity contribution in [1.82, 2.24) is 4.72 Å². The SMILES string of the molecule is O=C(Nc1ccc(S(=O)(=O)NC2CCCCC2)cc1)C(Sc1ccccc1)c1ccccc1. The van der Waals surface area contributed by atoms with Crippen LogP contribution in [0.4, 0.5) is 5.69 Å². The van der Waals surface area contributed by atoms with Gasteiger partial charge < -0.3 is 5.32 Å². The number of carbonyl (C=O) groups is 1. The highest BCUT2D eigenvalue weighted by Crippen LogP contribution is 2.36. The Hall–Kier alpha value is -2.61. The average Bonchev–Trinajstić information content (AvgIpc) is 2.84. The first-order chi connectivity index (χ1) is 16.0. The fourth-order valence-electron chi connectivity index (χ4n) is 3.97. The zero-order valence-electron chi connectivity index (χ0n) is 18.3. The lowest BCUT2D eigenvalue weighted by atomic mass is 9.96. The van der Waals surface area contributed by atoms with Crippen LogP contribution < -0.4 is 10.0 Å². The summed E-state index contributed by atoms with van der Waals surface area (Å²) in [6.45, 7) is 0. The van der Waals surface area contributed by atoms with E-state index in [1.54, 1.807) is 24.3 Å². The summed E-state index contributed by atoms with van der Waals surface area (Å²) in [4.78, 5) is 14.4. The molecule has 1 atom stereocenters. The van der Waals surface area contributed by atoms with Gasteiger partial charge in [0, 0.05) is 16.6 Å². The Bertz CT molecular complexity index is 1150. The lowest BCUT2D eigenvalue weighted by molar-refractivity contribution is -0.115. The molecule has 1 fully saturated rings. The first-order valence-electron chi connectivity index (χ1n) is 11.2. The highest BCUT2D eigenvalue weighted by molar-refractivity contribution is 8.00. The van der Waals surface area contributed by atoms with Crippen LogP contribution in [-0.4, -0.2) is 20.4 Å². The molecular formula is C26H28N2O3S2. The Morgan fingerprint density at radius 3 is 2.06 bits per heavy atom. The zero-order valence-corrected chi connectivity index (χ0v) is 19.9. The number of amides is 1. The van der Waals surface area contributed by atoms with Gasteiger partial charge >= 0.3 is 0 Å². The first-order valence-corrected chi connectivity index (χ1v) is 13.6. The van der Waals surface area contributed by atoms with E-state index in [2.05, 4.69) is 10.0 Å². The van der Waals surface area contributed by atoms with Crippen molar-refractivity contribution in [1.29, 1.82) is 0 Å². The molecule has 1 amide bonds. The van der Waals surface area contributed by atoms with Crippen molar-refractivity contribution in [2.45, 2.75) is 53.2 Å². The van der Waals surface area contributed by atoms with Crippen LogP contribution in [-0.2, 0) is 14.8 Å². The number of benzene rings is 3. The molecule has 0 heterocycles. The van der Waals surface area contributed by atoms with Gasteiger partial charge in [0.25, 0.3) is 0 Å². The number of anilines is 1. The number of hydrogen-bond acceptors (Lipinski definition) is 4. The Morgan fingerprint density at radius 2 is 1.42 bits per heavy atom. The van der Waals surface area contributed by atoms with Crippen molar-refractivity contribution in [3.63, 3.8) is 0 Å². The normalized spacial score (nSPS) is 15.6. The van der Waals surface area contributed by atoms with Crippen molar-refractivity contribution < 1.29 is 13.2 Å². The summed E-state index contributed by atoms with van der Waals surface area (Å²) in [7, 11) is -3.57. The van der Waals surface area contributed by atoms with Gasteiger partial charge in [-0.05, 0) is 54.8 Å². The molecule has 0 radical (unpaired) electrons. The topological polar surface area (TPSA) is 75.3 Å². The molecule has 7 heteroatoms. The van der Waals surface area contributed by atoms with Crippen molar-refractivity contribution in [2.24, 2.45) is 0 Å². The highest BCUT2D eigenvalue weighted by atomic mass is 32.2. The fraction of sp³-hybridized carbons (Fsp3) is 0.269. The predicted molar refractivity (Wildman–Crippen MR) is 134 cm³/mol. The van der Waals surface area contributed by atoms with E-state index in [-0.39, 0.29) is 16.8 Å². The molecule has 1 saturated carbocycles. The minimum atomic E-state index is -3.57. The van der Waals surface area contributed by atoms with Crippen molar-refractivity contribution in [2.75, 3.05) is 5.32 Å². The predicted octanol–water partition coefficient (Wildman–Crippen LogP) is 5.77. The maximum absolute atomic E-state index is 13.2. The van der Waals surface area contributed by atoms with E-state index in [1.165, 1.54) is 18.2 Å². The number of nitrogens with one attached hydrogen (secondary N) is 2. The molecule has 0 aromatic heterocycles. The molecule has 172 valence electrons. The number of carbonyl (C=O) groups excluding carboxylic acids is 1. The monoisotopic (exact) mass is 480 g/mol. The molecule has 0 bridgehead atoms. The molecule has 4 rings (SSSR count). The van der Waals surface area contributed by atoms with Gasteiger partial charge in [0.15, 0.2) is 0 Å². The summed E-state index contributed by atoms with van der Waals surface area (Å²) in [5.41, 5.74) is 1.46. The second-order valence-electron chi connectivity index (χ2n) is 8.19. The van der Waals surface area contributed by atoms with Crippen molar-refractivity contribution in [3.05, 3.63) is 90.5 Å². The summed E-state index contributed by atoms with van der Waals surface area (Å²) in [5, 5.41) is 2.51. The molecule has 0 saturated heterocycles. The molecule has 0 spiro atoms. The third-order valence-corrected chi connectivity index (χ3v) is 8.50. The molecule has 3 aromatic rings. The molecule has 1 aliphatic rings. The van der Waals surface area contributed by atoms with Gasteiger partial charge in [-0.1, -0.05) is 67.8 Å². The fourth-order valence-corrected chi connectivity index (χ4v) is 6.32. The van der Waals surface area contributed by atoms with Crippen LogP contribution in [0, 0.1) is 0 Å². The van der Waals surface area contributed by atoms with Gasteiger partial charge in [0.05, 0.1) is 4.90 Å². The van der Waals surface area contributed by atoms with Crippen molar-refractivity contribution >= 4 is 33.4 Å². The number of rotatable bonds is 8.